The maximum atomic E-state index is 14.2. The van der Waals surface area contributed by atoms with Crippen LogP contribution >= 0.6 is 0 Å². The number of hydrogen-bond donors (Lipinski definition) is 1. The maximum absolute atomic E-state index is 14.2. The van der Waals surface area contributed by atoms with Gasteiger partial charge in [0.1, 0.15) is 5.82 Å². The van der Waals surface area contributed by atoms with Crippen molar-refractivity contribution in [1.29, 1.82) is 0 Å². The Morgan fingerprint density at radius 3 is 2.40 bits per heavy atom. The van der Waals surface area contributed by atoms with Crippen molar-refractivity contribution >= 4 is 5.69 Å². The van der Waals surface area contributed by atoms with E-state index in [1.54, 1.807) is 6.07 Å². The standard InChI is InChI=1S/C17H29FN2/c1-13(2)9-10-20(6)16-8-7-14(11-15(16)18)12-19-17(3,4)5/h7-8,11,13,19H,9-10,12H2,1-6H3. The van der Waals surface area contributed by atoms with Crippen molar-refractivity contribution in [3.05, 3.63) is 29.6 Å². The van der Waals surface area contributed by atoms with E-state index in [9.17, 15) is 4.39 Å². The van der Waals surface area contributed by atoms with Crippen LogP contribution in [0.25, 0.3) is 0 Å². The van der Waals surface area contributed by atoms with E-state index in [4.69, 9.17) is 0 Å². The van der Waals surface area contributed by atoms with Gasteiger partial charge >= 0.3 is 0 Å². The van der Waals surface area contributed by atoms with Gasteiger partial charge in [0.05, 0.1) is 5.69 Å². The van der Waals surface area contributed by atoms with Crippen LogP contribution in [-0.2, 0) is 6.54 Å². The second-order valence-corrected chi connectivity index (χ2v) is 6.99. The third-order valence-electron chi connectivity index (χ3n) is 3.29. The first-order chi connectivity index (χ1) is 9.19. The van der Waals surface area contributed by atoms with Gasteiger partial charge in [0.2, 0.25) is 0 Å². The molecule has 0 bridgehead atoms. The lowest BCUT2D eigenvalue weighted by Gasteiger charge is -2.23. The summed E-state index contributed by atoms with van der Waals surface area (Å²) in [5.41, 5.74) is 1.71. The van der Waals surface area contributed by atoms with Gasteiger partial charge in [0, 0.05) is 25.7 Å². The maximum Gasteiger partial charge on any atom is 0.146 e. The van der Waals surface area contributed by atoms with Gasteiger partial charge in [-0.2, -0.15) is 0 Å². The zero-order valence-electron chi connectivity index (χ0n) is 13.8. The van der Waals surface area contributed by atoms with E-state index in [0.29, 0.717) is 18.2 Å². The zero-order valence-corrected chi connectivity index (χ0v) is 13.8. The Labute approximate surface area is 123 Å². The van der Waals surface area contributed by atoms with E-state index in [-0.39, 0.29) is 11.4 Å². The summed E-state index contributed by atoms with van der Waals surface area (Å²) in [5.74, 6) is 0.500. The smallest absolute Gasteiger partial charge is 0.146 e. The fourth-order valence-corrected chi connectivity index (χ4v) is 1.91. The van der Waals surface area contributed by atoms with Gasteiger partial charge in [-0.05, 0) is 50.8 Å². The summed E-state index contributed by atoms with van der Waals surface area (Å²) in [7, 11) is 1.95. The Bertz CT molecular complexity index is 421. The molecule has 3 heteroatoms. The Balaban J connectivity index is 2.67. The Hall–Kier alpha value is -1.09. The first-order valence-electron chi connectivity index (χ1n) is 7.43. The Morgan fingerprint density at radius 2 is 1.90 bits per heavy atom. The molecule has 0 saturated carbocycles. The van der Waals surface area contributed by atoms with Gasteiger partial charge in [-0.15, -0.1) is 0 Å². The quantitative estimate of drug-likeness (QED) is 0.840. The van der Waals surface area contributed by atoms with Crippen LogP contribution in [0.1, 0.15) is 46.6 Å². The van der Waals surface area contributed by atoms with Crippen LogP contribution in [0, 0.1) is 11.7 Å². The van der Waals surface area contributed by atoms with Crippen molar-refractivity contribution in [2.24, 2.45) is 5.92 Å². The van der Waals surface area contributed by atoms with E-state index in [0.717, 1.165) is 18.5 Å². The number of nitrogens with zero attached hydrogens (tertiary/aromatic N) is 1. The highest BCUT2D eigenvalue weighted by Gasteiger charge is 2.11. The van der Waals surface area contributed by atoms with Crippen LogP contribution in [0.5, 0.6) is 0 Å². The lowest BCUT2D eigenvalue weighted by Crippen LogP contribution is -2.35. The molecule has 0 atom stereocenters. The summed E-state index contributed by atoms with van der Waals surface area (Å²) in [6.45, 7) is 12.3. The monoisotopic (exact) mass is 280 g/mol. The van der Waals surface area contributed by atoms with E-state index in [2.05, 4.69) is 39.9 Å². The summed E-state index contributed by atoms with van der Waals surface area (Å²) in [4.78, 5) is 2.00. The molecule has 0 radical (unpaired) electrons. The van der Waals surface area contributed by atoms with Crippen molar-refractivity contribution in [2.75, 3.05) is 18.5 Å². The van der Waals surface area contributed by atoms with Gasteiger partial charge < -0.3 is 10.2 Å². The molecule has 2 nitrogen and oxygen atoms in total. The topological polar surface area (TPSA) is 15.3 Å². The van der Waals surface area contributed by atoms with Crippen molar-refractivity contribution in [1.82, 2.24) is 5.32 Å². The lowest BCUT2D eigenvalue weighted by atomic mass is 10.1. The van der Waals surface area contributed by atoms with Crippen molar-refractivity contribution in [3.8, 4) is 0 Å². The van der Waals surface area contributed by atoms with E-state index >= 15 is 0 Å². The van der Waals surface area contributed by atoms with Crippen LogP contribution in [0.2, 0.25) is 0 Å². The lowest BCUT2D eigenvalue weighted by molar-refractivity contribution is 0.423. The SMILES string of the molecule is CC(C)CCN(C)c1ccc(CNC(C)(C)C)cc1F. The highest BCUT2D eigenvalue weighted by atomic mass is 19.1. The molecule has 0 aromatic heterocycles. The number of hydrogen-bond acceptors (Lipinski definition) is 2. The fourth-order valence-electron chi connectivity index (χ4n) is 1.91. The molecule has 20 heavy (non-hydrogen) atoms. The van der Waals surface area contributed by atoms with E-state index in [1.165, 1.54) is 0 Å². The highest BCUT2D eigenvalue weighted by Crippen LogP contribution is 2.20. The summed E-state index contributed by atoms with van der Waals surface area (Å²) in [5, 5.41) is 3.37. The second-order valence-electron chi connectivity index (χ2n) is 6.99. The van der Waals surface area contributed by atoms with Gasteiger partial charge in [0.25, 0.3) is 0 Å². The molecule has 1 rings (SSSR count). The predicted molar refractivity (Wildman–Crippen MR) is 85.7 cm³/mol. The molecule has 0 spiro atoms. The van der Waals surface area contributed by atoms with Gasteiger partial charge in [-0.25, -0.2) is 4.39 Å². The van der Waals surface area contributed by atoms with Crippen LogP contribution in [0.3, 0.4) is 0 Å². The molecule has 0 amide bonds. The summed E-state index contributed by atoms with van der Waals surface area (Å²) < 4.78 is 14.2. The molecule has 0 unspecified atom stereocenters. The van der Waals surface area contributed by atoms with Crippen molar-refractivity contribution < 1.29 is 4.39 Å². The summed E-state index contributed by atoms with van der Waals surface area (Å²) in [6.07, 6.45) is 1.07. The second kappa shape index (κ2) is 7.07. The predicted octanol–water partition coefficient (Wildman–Crippen LogP) is 4.20. The average molecular weight is 280 g/mol. The Morgan fingerprint density at radius 1 is 1.25 bits per heavy atom. The third-order valence-corrected chi connectivity index (χ3v) is 3.29. The van der Waals surface area contributed by atoms with Gasteiger partial charge in [-0.1, -0.05) is 19.9 Å². The molecule has 0 saturated heterocycles. The van der Waals surface area contributed by atoms with Gasteiger partial charge in [-0.3, -0.25) is 0 Å². The number of anilines is 1. The molecule has 0 heterocycles. The third kappa shape index (κ3) is 5.91. The Kier molecular flexibility index (Phi) is 6.00. The summed E-state index contributed by atoms with van der Waals surface area (Å²) >= 11 is 0. The molecule has 0 aliphatic carbocycles. The summed E-state index contributed by atoms with van der Waals surface area (Å²) in [6, 6.07) is 5.53. The molecule has 1 N–H and O–H groups in total. The number of rotatable bonds is 6. The number of benzene rings is 1. The highest BCUT2D eigenvalue weighted by molar-refractivity contribution is 5.48. The molecular weight excluding hydrogens is 251 g/mol. The molecule has 0 aliphatic heterocycles. The molecule has 1 aromatic carbocycles. The minimum atomic E-state index is -0.135. The van der Waals surface area contributed by atoms with Crippen LogP contribution in [-0.4, -0.2) is 19.1 Å². The molecule has 1 aromatic rings. The normalized spacial score (nSPS) is 12.0. The number of halogens is 1. The molecular formula is C17H29FN2. The number of nitrogens with one attached hydrogen (secondary N) is 1. The van der Waals surface area contributed by atoms with Crippen molar-refractivity contribution in [2.45, 2.75) is 53.1 Å². The van der Waals surface area contributed by atoms with Crippen LogP contribution < -0.4 is 10.2 Å². The van der Waals surface area contributed by atoms with Crippen LogP contribution in [0.15, 0.2) is 18.2 Å². The molecule has 0 aliphatic rings. The van der Waals surface area contributed by atoms with Crippen LogP contribution in [0.4, 0.5) is 10.1 Å². The van der Waals surface area contributed by atoms with Gasteiger partial charge in [0.15, 0.2) is 0 Å². The average Bonchev–Trinajstić information content (AvgIpc) is 2.32. The van der Waals surface area contributed by atoms with E-state index < -0.39 is 0 Å². The minimum Gasteiger partial charge on any atom is -0.372 e. The largest absolute Gasteiger partial charge is 0.372 e. The zero-order chi connectivity index (χ0) is 15.3. The molecule has 0 fully saturated rings. The molecule has 114 valence electrons. The minimum absolute atomic E-state index is 0.0448. The van der Waals surface area contributed by atoms with Crippen molar-refractivity contribution in [3.63, 3.8) is 0 Å². The fraction of sp³-hybridized carbons (Fsp3) is 0.647. The van der Waals surface area contributed by atoms with E-state index in [1.807, 2.05) is 24.1 Å². The first kappa shape index (κ1) is 17.0. The first-order valence-corrected chi connectivity index (χ1v) is 7.43.